The summed E-state index contributed by atoms with van der Waals surface area (Å²) in [6, 6.07) is 4.67. The van der Waals surface area contributed by atoms with E-state index < -0.39 is 0 Å². The molecule has 7 nitrogen and oxygen atoms in total. The highest BCUT2D eigenvalue weighted by molar-refractivity contribution is 5.67. The standard InChI is InChI=1S/C12H9N5O2/c13-7-1-2-8(10(18)5-7)12-16-11(17-19-12)9-6-14-3-4-15-9/h1-6,18H,13H2. The number of benzene rings is 1. The number of nitrogens with zero attached hydrogens (tertiary/aromatic N) is 4. The summed E-state index contributed by atoms with van der Waals surface area (Å²) < 4.78 is 5.10. The first-order valence-corrected chi connectivity index (χ1v) is 5.43. The van der Waals surface area contributed by atoms with Gasteiger partial charge >= 0.3 is 0 Å². The van der Waals surface area contributed by atoms with E-state index in [9.17, 15) is 5.11 Å². The van der Waals surface area contributed by atoms with Crippen LogP contribution in [0.3, 0.4) is 0 Å². The molecule has 3 rings (SSSR count). The van der Waals surface area contributed by atoms with Crippen molar-refractivity contribution in [3.8, 4) is 28.7 Å². The van der Waals surface area contributed by atoms with Crippen LogP contribution >= 0.6 is 0 Å². The molecule has 0 aliphatic heterocycles. The van der Waals surface area contributed by atoms with Crippen molar-refractivity contribution in [2.24, 2.45) is 0 Å². The monoisotopic (exact) mass is 255 g/mol. The molecule has 0 radical (unpaired) electrons. The summed E-state index contributed by atoms with van der Waals surface area (Å²) in [7, 11) is 0. The van der Waals surface area contributed by atoms with Gasteiger partial charge in [-0.05, 0) is 12.1 Å². The van der Waals surface area contributed by atoms with Crippen LogP contribution < -0.4 is 5.73 Å². The van der Waals surface area contributed by atoms with E-state index in [2.05, 4.69) is 20.1 Å². The Kier molecular flexibility index (Phi) is 2.57. The quantitative estimate of drug-likeness (QED) is 0.667. The van der Waals surface area contributed by atoms with E-state index in [1.54, 1.807) is 18.3 Å². The molecule has 3 aromatic rings. The van der Waals surface area contributed by atoms with Gasteiger partial charge in [-0.2, -0.15) is 4.98 Å². The van der Waals surface area contributed by atoms with Gasteiger partial charge in [0.2, 0.25) is 5.82 Å². The highest BCUT2D eigenvalue weighted by Gasteiger charge is 2.14. The molecule has 0 saturated heterocycles. The molecule has 7 heteroatoms. The predicted molar refractivity (Wildman–Crippen MR) is 66.8 cm³/mol. The van der Waals surface area contributed by atoms with E-state index >= 15 is 0 Å². The van der Waals surface area contributed by atoms with E-state index in [4.69, 9.17) is 10.3 Å². The van der Waals surface area contributed by atoms with E-state index in [1.165, 1.54) is 18.5 Å². The lowest BCUT2D eigenvalue weighted by molar-refractivity contribution is 0.425. The van der Waals surface area contributed by atoms with Crippen LogP contribution in [0.15, 0.2) is 41.3 Å². The van der Waals surface area contributed by atoms with Crippen LogP contribution in [0.4, 0.5) is 5.69 Å². The third kappa shape index (κ3) is 2.08. The number of phenols is 1. The van der Waals surface area contributed by atoms with Crippen molar-refractivity contribution < 1.29 is 9.63 Å². The zero-order valence-corrected chi connectivity index (χ0v) is 9.69. The van der Waals surface area contributed by atoms with Crippen molar-refractivity contribution in [1.82, 2.24) is 20.1 Å². The molecule has 0 aliphatic carbocycles. The molecule has 0 unspecified atom stereocenters. The van der Waals surface area contributed by atoms with Crippen LogP contribution in [-0.4, -0.2) is 25.2 Å². The highest BCUT2D eigenvalue weighted by Crippen LogP contribution is 2.30. The number of aromatic hydroxyl groups is 1. The molecule has 94 valence electrons. The molecule has 0 amide bonds. The third-order valence-corrected chi connectivity index (χ3v) is 2.47. The Labute approximate surface area is 107 Å². The molecular weight excluding hydrogens is 246 g/mol. The Balaban J connectivity index is 2.02. The average molecular weight is 255 g/mol. The SMILES string of the molecule is Nc1ccc(-c2nc(-c3cnccn3)no2)c(O)c1. The van der Waals surface area contributed by atoms with E-state index in [0.717, 1.165) is 0 Å². The van der Waals surface area contributed by atoms with Gasteiger partial charge in [0.1, 0.15) is 11.4 Å². The second kappa shape index (κ2) is 4.37. The molecule has 0 aliphatic rings. The number of rotatable bonds is 2. The van der Waals surface area contributed by atoms with Crippen molar-refractivity contribution in [3.63, 3.8) is 0 Å². The van der Waals surface area contributed by atoms with E-state index in [1.807, 2.05) is 0 Å². The first-order valence-electron chi connectivity index (χ1n) is 5.43. The minimum absolute atomic E-state index is 0.0191. The summed E-state index contributed by atoms with van der Waals surface area (Å²) in [5.41, 5.74) is 6.92. The van der Waals surface area contributed by atoms with Crippen molar-refractivity contribution in [2.45, 2.75) is 0 Å². The number of aromatic nitrogens is 4. The van der Waals surface area contributed by atoms with Crippen molar-refractivity contribution >= 4 is 5.69 Å². The number of hydrogen-bond donors (Lipinski definition) is 2. The third-order valence-electron chi connectivity index (χ3n) is 2.47. The molecule has 2 heterocycles. The fourth-order valence-corrected chi connectivity index (χ4v) is 1.58. The smallest absolute Gasteiger partial charge is 0.262 e. The molecular formula is C12H9N5O2. The summed E-state index contributed by atoms with van der Waals surface area (Å²) in [6.45, 7) is 0. The summed E-state index contributed by atoms with van der Waals surface area (Å²) >= 11 is 0. The van der Waals surface area contributed by atoms with Gasteiger partial charge in [-0.25, -0.2) is 4.98 Å². The van der Waals surface area contributed by atoms with Gasteiger partial charge < -0.3 is 15.4 Å². The molecule has 1 aromatic carbocycles. The summed E-state index contributed by atoms with van der Waals surface area (Å²) in [6.07, 6.45) is 4.61. The lowest BCUT2D eigenvalue weighted by atomic mass is 10.2. The van der Waals surface area contributed by atoms with Gasteiger partial charge in [0.05, 0.1) is 11.8 Å². The number of nitrogen functional groups attached to an aromatic ring is 1. The second-order valence-corrected chi connectivity index (χ2v) is 3.79. The van der Waals surface area contributed by atoms with Crippen LogP contribution in [-0.2, 0) is 0 Å². The fraction of sp³-hybridized carbons (Fsp3) is 0. The second-order valence-electron chi connectivity index (χ2n) is 3.79. The van der Waals surface area contributed by atoms with E-state index in [0.29, 0.717) is 22.8 Å². The molecule has 0 saturated carbocycles. The van der Waals surface area contributed by atoms with E-state index in [-0.39, 0.29) is 11.6 Å². The minimum atomic E-state index is -0.0191. The lowest BCUT2D eigenvalue weighted by Gasteiger charge is -1.99. The van der Waals surface area contributed by atoms with Crippen LogP contribution in [0.5, 0.6) is 5.75 Å². The molecule has 0 fully saturated rings. The molecule has 19 heavy (non-hydrogen) atoms. The van der Waals surface area contributed by atoms with Crippen LogP contribution in [0.2, 0.25) is 0 Å². The maximum atomic E-state index is 9.79. The predicted octanol–water partition coefficient (Wildman–Crippen LogP) is 1.48. The van der Waals surface area contributed by atoms with Crippen molar-refractivity contribution in [1.29, 1.82) is 0 Å². The van der Waals surface area contributed by atoms with Crippen LogP contribution in [0, 0.1) is 0 Å². The van der Waals surface area contributed by atoms with Gasteiger partial charge in [0.25, 0.3) is 5.89 Å². The minimum Gasteiger partial charge on any atom is -0.507 e. The molecule has 3 N–H and O–H groups in total. The maximum Gasteiger partial charge on any atom is 0.262 e. The molecule has 0 bridgehead atoms. The molecule has 0 spiro atoms. The zero-order chi connectivity index (χ0) is 13.2. The Hall–Kier alpha value is -2.96. The number of hydrogen-bond acceptors (Lipinski definition) is 7. The Morgan fingerprint density at radius 1 is 1.21 bits per heavy atom. The maximum absolute atomic E-state index is 9.79. The summed E-state index contributed by atoms with van der Waals surface area (Å²) in [4.78, 5) is 12.1. The van der Waals surface area contributed by atoms with Crippen LogP contribution in [0.1, 0.15) is 0 Å². The van der Waals surface area contributed by atoms with Gasteiger partial charge in [0, 0.05) is 24.1 Å². The van der Waals surface area contributed by atoms with Crippen molar-refractivity contribution in [2.75, 3.05) is 5.73 Å². The normalized spacial score (nSPS) is 10.5. The summed E-state index contributed by atoms with van der Waals surface area (Å²) in [5, 5.41) is 13.6. The van der Waals surface area contributed by atoms with Crippen molar-refractivity contribution in [3.05, 3.63) is 36.8 Å². The first kappa shape index (κ1) is 11.1. The Bertz CT molecular complexity index is 711. The van der Waals surface area contributed by atoms with Crippen LogP contribution in [0.25, 0.3) is 23.0 Å². The Morgan fingerprint density at radius 2 is 2.11 bits per heavy atom. The topological polar surface area (TPSA) is 111 Å². The average Bonchev–Trinajstić information content (AvgIpc) is 2.89. The Morgan fingerprint density at radius 3 is 2.84 bits per heavy atom. The number of phenolic OH excluding ortho intramolecular Hbond substituents is 1. The first-order chi connectivity index (χ1) is 9.24. The zero-order valence-electron chi connectivity index (χ0n) is 9.69. The molecule has 2 aromatic heterocycles. The molecule has 0 atom stereocenters. The largest absolute Gasteiger partial charge is 0.507 e. The van der Waals surface area contributed by atoms with Gasteiger partial charge in [-0.15, -0.1) is 0 Å². The number of nitrogens with two attached hydrogens (primary N) is 1. The fourth-order valence-electron chi connectivity index (χ4n) is 1.58. The van der Waals surface area contributed by atoms with Gasteiger partial charge in [-0.1, -0.05) is 5.16 Å². The van der Waals surface area contributed by atoms with Gasteiger partial charge in [0.15, 0.2) is 0 Å². The van der Waals surface area contributed by atoms with Gasteiger partial charge in [-0.3, -0.25) is 4.98 Å². The lowest BCUT2D eigenvalue weighted by Crippen LogP contribution is -1.87. The highest BCUT2D eigenvalue weighted by atomic mass is 16.5. The summed E-state index contributed by atoms with van der Waals surface area (Å²) in [5.74, 6) is 0.479. The number of anilines is 1.